The molecule has 1 aliphatic rings. The lowest BCUT2D eigenvalue weighted by molar-refractivity contribution is 0.0590. The van der Waals surface area contributed by atoms with Crippen LogP contribution in [0.15, 0.2) is 17.2 Å². The molecule has 0 spiro atoms. The molecule has 2 heterocycles. The van der Waals surface area contributed by atoms with Gasteiger partial charge in [0.1, 0.15) is 10.6 Å². The zero-order valence-electron chi connectivity index (χ0n) is 14.1. The van der Waals surface area contributed by atoms with E-state index < -0.39 is 30.6 Å². The fraction of sp³-hybridized carbons (Fsp3) is 0.643. The predicted molar refractivity (Wildman–Crippen MR) is 88.0 cm³/mol. The monoisotopic (exact) mass is 378 g/mol. The quantitative estimate of drug-likeness (QED) is 0.706. The standard InChI is InChI=1S/C14H22N2O6S2/c1-14(2)5-6-16(7-8-23(14,18)19)24(20,21)11-9-12(13(17)22-4)15(3)10-11/h9-10H,5-8H2,1-4H3. The van der Waals surface area contributed by atoms with Crippen molar-refractivity contribution in [3.05, 3.63) is 18.0 Å². The molecule has 0 amide bonds. The van der Waals surface area contributed by atoms with Crippen molar-refractivity contribution in [2.45, 2.75) is 29.9 Å². The van der Waals surface area contributed by atoms with E-state index >= 15 is 0 Å². The van der Waals surface area contributed by atoms with Gasteiger partial charge in [0, 0.05) is 26.3 Å². The second-order valence-corrected chi connectivity index (χ2v) is 11.1. The summed E-state index contributed by atoms with van der Waals surface area (Å²) in [4.78, 5) is 11.6. The van der Waals surface area contributed by atoms with Crippen molar-refractivity contribution in [2.75, 3.05) is 26.0 Å². The number of aromatic nitrogens is 1. The molecule has 0 saturated carbocycles. The van der Waals surface area contributed by atoms with Gasteiger partial charge in [-0.3, -0.25) is 0 Å². The van der Waals surface area contributed by atoms with E-state index in [0.29, 0.717) is 0 Å². The maximum Gasteiger partial charge on any atom is 0.354 e. The molecule has 0 aromatic carbocycles. The highest BCUT2D eigenvalue weighted by atomic mass is 32.2. The number of methoxy groups -OCH3 is 1. The molecule has 0 atom stereocenters. The molecular formula is C14H22N2O6S2. The van der Waals surface area contributed by atoms with Gasteiger partial charge in [0.15, 0.2) is 9.84 Å². The smallest absolute Gasteiger partial charge is 0.354 e. The van der Waals surface area contributed by atoms with Gasteiger partial charge >= 0.3 is 5.97 Å². The molecule has 8 nitrogen and oxygen atoms in total. The molecule has 1 aromatic heterocycles. The fourth-order valence-corrected chi connectivity index (χ4v) is 5.58. The number of sulfone groups is 1. The number of hydrogen-bond acceptors (Lipinski definition) is 6. The summed E-state index contributed by atoms with van der Waals surface area (Å²) in [5.41, 5.74) is 0.110. The molecule has 2 rings (SSSR count). The number of sulfonamides is 1. The number of rotatable bonds is 3. The summed E-state index contributed by atoms with van der Waals surface area (Å²) in [6.07, 6.45) is 1.54. The Morgan fingerprint density at radius 2 is 1.92 bits per heavy atom. The van der Waals surface area contributed by atoms with E-state index in [4.69, 9.17) is 0 Å². The van der Waals surface area contributed by atoms with Crippen LogP contribution >= 0.6 is 0 Å². The van der Waals surface area contributed by atoms with E-state index in [0.717, 1.165) is 4.31 Å². The molecule has 0 bridgehead atoms. The molecule has 0 aliphatic carbocycles. The normalized spacial score (nSPS) is 21.2. The first-order valence-electron chi connectivity index (χ1n) is 7.39. The highest BCUT2D eigenvalue weighted by Crippen LogP contribution is 2.28. The third kappa shape index (κ3) is 3.22. The Morgan fingerprint density at radius 1 is 1.29 bits per heavy atom. The SMILES string of the molecule is COC(=O)c1cc(S(=O)(=O)N2CCC(C)(C)S(=O)(=O)CC2)cn1C. The maximum absolute atomic E-state index is 12.8. The minimum atomic E-state index is -3.89. The van der Waals surface area contributed by atoms with Crippen LogP contribution in [-0.2, 0) is 31.6 Å². The number of esters is 1. The summed E-state index contributed by atoms with van der Waals surface area (Å²) in [5, 5.41) is 0. The minimum absolute atomic E-state index is 0.0532. The fourth-order valence-electron chi connectivity index (χ4n) is 2.53. The van der Waals surface area contributed by atoms with Crippen LogP contribution in [0.3, 0.4) is 0 Å². The van der Waals surface area contributed by atoms with Crippen LogP contribution in [0.1, 0.15) is 30.8 Å². The van der Waals surface area contributed by atoms with E-state index in [-0.39, 0.29) is 35.9 Å². The summed E-state index contributed by atoms with van der Waals surface area (Å²) in [6, 6.07) is 1.24. The molecule has 1 aromatic rings. The lowest BCUT2D eigenvalue weighted by atomic mass is 10.1. The molecule has 0 unspecified atom stereocenters. The number of aryl methyl sites for hydroxylation is 1. The van der Waals surface area contributed by atoms with Crippen molar-refractivity contribution in [3.8, 4) is 0 Å². The van der Waals surface area contributed by atoms with Crippen LogP contribution in [-0.4, -0.2) is 62.4 Å². The summed E-state index contributed by atoms with van der Waals surface area (Å²) in [7, 11) is -4.51. The summed E-state index contributed by atoms with van der Waals surface area (Å²) in [6.45, 7) is 3.22. The predicted octanol–water partition coefficient (Wildman–Crippen LogP) is 0.400. The van der Waals surface area contributed by atoms with Crippen LogP contribution in [0, 0.1) is 0 Å². The maximum atomic E-state index is 12.8. The van der Waals surface area contributed by atoms with Crippen molar-refractivity contribution in [3.63, 3.8) is 0 Å². The molecule has 0 radical (unpaired) electrons. The molecule has 136 valence electrons. The van der Waals surface area contributed by atoms with Gasteiger partial charge in [-0.2, -0.15) is 4.31 Å². The molecular weight excluding hydrogens is 356 g/mol. The first-order valence-corrected chi connectivity index (χ1v) is 10.5. The lowest BCUT2D eigenvalue weighted by Crippen LogP contribution is -2.33. The number of nitrogens with zero attached hydrogens (tertiary/aromatic N) is 2. The second kappa shape index (κ2) is 6.16. The number of hydrogen-bond donors (Lipinski definition) is 0. The molecule has 1 aliphatic heterocycles. The zero-order chi connectivity index (χ0) is 18.3. The molecule has 10 heteroatoms. The number of carbonyl (C=O) groups is 1. The Kier molecular flexibility index (Phi) is 4.86. The van der Waals surface area contributed by atoms with Crippen molar-refractivity contribution in [2.24, 2.45) is 7.05 Å². The molecule has 0 N–H and O–H groups in total. The van der Waals surface area contributed by atoms with Gasteiger partial charge in [-0.05, 0) is 26.3 Å². The third-order valence-electron chi connectivity index (χ3n) is 4.43. The second-order valence-electron chi connectivity index (χ2n) is 6.40. The van der Waals surface area contributed by atoms with Crippen molar-refractivity contribution in [1.82, 2.24) is 8.87 Å². The van der Waals surface area contributed by atoms with E-state index in [1.54, 1.807) is 20.9 Å². The first-order chi connectivity index (χ1) is 10.9. The Bertz CT molecular complexity index is 852. The summed E-state index contributed by atoms with van der Waals surface area (Å²) >= 11 is 0. The van der Waals surface area contributed by atoms with Crippen molar-refractivity contribution < 1.29 is 26.4 Å². The Hall–Kier alpha value is -1.39. The van der Waals surface area contributed by atoms with Crippen LogP contribution in [0.4, 0.5) is 0 Å². The Balaban J connectivity index is 2.36. The van der Waals surface area contributed by atoms with Gasteiger partial charge in [0.2, 0.25) is 10.0 Å². The van der Waals surface area contributed by atoms with Crippen molar-refractivity contribution in [1.29, 1.82) is 0 Å². The third-order valence-corrected chi connectivity index (χ3v) is 8.90. The zero-order valence-corrected chi connectivity index (χ0v) is 15.8. The number of ether oxygens (including phenoxy) is 1. The van der Waals surface area contributed by atoms with E-state index in [1.807, 2.05) is 0 Å². The van der Waals surface area contributed by atoms with Crippen LogP contribution < -0.4 is 0 Å². The summed E-state index contributed by atoms with van der Waals surface area (Å²) in [5.74, 6) is -0.867. The van der Waals surface area contributed by atoms with Gasteiger partial charge in [0.05, 0.1) is 17.6 Å². The van der Waals surface area contributed by atoms with Gasteiger partial charge < -0.3 is 9.30 Å². The average molecular weight is 378 g/mol. The van der Waals surface area contributed by atoms with Crippen molar-refractivity contribution >= 4 is 25.8 Å². The van der Waals surface area contributed by atoms with Crippen LogP contribution in [0.25, 0.3) is 0 Å². The van der Waals surface area contributed by atoms with Gasteiger partial charge in [0.25, 0.3) is 0 Å². The summed E-state index contributed by atoms with van der Waals surface area (Å²) < 4.78 is 56.3. The van der Waals surface area contributed by atoms with Gasteiger partial charge in [-0.1, -0.05) is 0 Å². The largest absolute Gasteiger partial charge is 0.464 e. The molecule has 1 fully saturated rings. The Morgan fingerprint density at radius 3 is 2.50 bits per heavy atom. The first kappa shape index (κ1) is 18.9. The lowest BCUT2D eigenvalue weighted by Gasteiger charge is -2.22. The Labute approximate surface area is 142 Å². The highest BCUT2D eigenvalue weighted by Gasteiger charge is 2.40. The minimum Gasteiger partial charge on any atom is -0.464 e. The van der Waals surface area contributed by atoms with E-state index in [1.165, 1.54) is 23.9 Å². The highest BCUT2D eigenvalue weighted by molar-refractivity contribution is 7.93. The van der Waals surface area contributed by atoms with E-state index in [2.05, 4.69) is 4.74 Å². The van der Waals surface area contributed by atoms with Crippen LogP contribution in [0.5, 0.6) is 0 Å². The number of carbonyl (C=O) groups excluding carboxylic acids is 1. The van der Waals surface area contributed by atoms with E-state index in [9.17, 15) is 21.6 Å². The molecule has 24 heavy (non-hydrogen) atoms. The van der Waals surface area contributed by atoms with Crippen LogP contribution in [0.2, 0.25) is 0 Å². The molecule has 1 saturated heterocycles. The van der Waals surface area contributed by atoms with Gasteiger partial charge in [-0.15, -0.1) is 0 Å². The average Bonchev–Trinajstić information content (AvgIpc) is 2.83. The topological polar surface area (TPSA) is 103 Å². The van der Waals surface area contributed by atoms with Gasteiger partial charge in [-0.25, -0.2) is 21.6 Å².